The standard InChI is InChI=1S/C15H12ClNO3/c16-13-6-5-12(20-13)14(18)10-4-3-9-2-1-7-17-15(19)11(9)8-10/h3-6,8H,1-2,7H2,(H,17,19). The van der Waals surface area contributed by atoms with Crippen LogP contribution < -0.4 is 5.32 Å². The van der Waals surface area contributed by atoms with Crippen LogP contribution in [0.15, 0.2) is 34.7 Å². The van der Waals surface area contributed by atoms with Crippen LogP contribution in [-0.4, -0.2) is 18.2 Å². The molecule has 0 bridgehead atoms. The minimum atomic E-state index is -0.281. The number of hydrogen-bond acceptors (Lipinski definition) is 3. The monoisotopic (exact) mass is 289 g/mol. The van der Waals surface area contributed by atoms with Crippen LogP contribution in [0.25, 0.3) is 0 Å². The summed E-state index contributed by atoms with van der Waals surface area (Å²) in [5, 5.41) is 2.98. The van der Waals surface area contributed by atoms with Gasteiger partial charge < -0.3 is 9.73 Å². The maximum Gasteiger partial charge on any atom is 0.251 e. The molecular formula is C15H12ClNO3. The van der Waals surface area contributed by atoms with Gasteiger partial charge in [0.25, 0.3) is 5.91 Å². The fraction of sp³-hybridized carbons (Fsp3) is 0.200. The fourth-order valence-corrected chi connectivity index (χ4v) is 2.45. The van der Waals surface area contributed by atoms with E-state index in [0.29, 0.717) is 17.7 Å². The number of aryl methyl sites for hydroxylation is 1. The van der Waals surface area contributed by atoms with Crippen LogP contribution in [0.5, 0.6) is 0 Å². The van der Waals surface area contributed by atoms with E-state index in [1.54, 1.807) is 12.1 Å². The van der Waals surface area contributed by atoms with Gasteiger partial charge in [-0.1, -0.05) is 12.1 Å². The third kappa shape index (κ3) is 2.34. The van der Waals surface area contributed by atoms with Crippen molar-refractivity contribution in [2.75, 3.05) is 6.54 Å². The van der Waals surface area contributed by atoms with Gasteiger partial charge in [-0.15, -0.1) is 0 Å². The molecule has 0 saturated heterocycles. The maximum atomic E-state index is 12.3. The Kier molecular flexibility index (Phi) is 3.32. The molecule has 0 fully saturated rings. The minimum Gasteiger partial charge on any atom is -0.441 e. The number of carbonyl (C=O) groups excluding carboxylic acids is 2. The van der Waals surface area contributed by atoms with Gasteiger partial charge >= 0.3 is 0 Å². The molecule has 0 saturated carbocycles. The normalized spacial score (nSPS) is 14.3. The van der Waals surface area contributed by atoms with Crippen molar-refractivity contribution in [3.05, 3.63) is 58.0 Å². The van der Waals surface area contributed by atoms with E-state index in [0.717, 1.165) is 18.4 Å². The smallest absolute Gasteiger partial charge is 0.251 e. The van der Waals surface area contributed by atoms with Crippen molar-refractivity contribution >= 4 is 23.3 Å². The molecule has 102 valence electrons. The first-order chi connectivity index (χ1) is 9.65. The third-order valence-corrected chi connectivity index (χ3v) is 3.53. The van der Waals surface area contributed by atoms with Crippen LogP contribution in [0.4, 0.5) is 0 Å². The van der Waals surface area contributed by atoms with E-state index in [1.807, 2.05) is 6.07 Å². The number of carbonyl (C=O) groups is 2. The predicted octanol–water partition coefficient (Wildman–Crippen LogP) is 2.84. The molecule has 1 aliphatic heterocycles. The Morgan fingerprint density at radius 1 is 1.25 bits per heavy atom. The zero-order valence-corrected chi connectivity index (χ0v) is 11.4. The number of benzene rings is 1. The molecule has 0 spiro atoms. The highest BCUT2D eigenvalue weighted by Crippen LogP contribution is 2.21. The highest BCUT2D eigenvalue weighted by Gasteiger charge is 2.19. The molecule has 1 aromatic carbocycles. The summed E-state index contributed by atoms with van der Waals surface area (Å²) in [6, 6.07) is 8.21. The van der Waals surface area contributed by atoms with Gasteiger partial charge in [-0.2, -0.15) is 0 Å². The molecule has 1 N–H and O–H groups in total. The predicted molar refractivity (Wildman–Crippen MR) is 74.2 cm³/mol. The Morgan fingerprint density at radius 3 is 2.85 bits per heavy atom. The van der Waals surface area contributed by atoms with E-state index in [2.05, 4.69) is 5.32 Å². The van der Waals surface area contributed by atoms with Crippen molar-refractivity contribution in [2.24, 2.45) is 0 Å². The summed E-state index contributed by atoms with van der Waals surface area (Å²) in [5.74, 6) is -0.245. The van der Waals surface area contributed by atoms with Crippen molar-refractivity contribution in [1.29, 1.82) is 0 Å². The van der Waals surface area contributed by atoms with Gasteiger partial charge in [0.05, 0.1) is 0 Å². The maximum absolute atomic E-state index is 12.3. The summed E-state index contributed by atoms with van der Waals surface area (Å²) < 4.78 is 5.11. The molecule has 0 unspecified atom stereocenters. The Hall–Kier alpha value is -2.07. The van der Waals surface area contributed by atoms with Crippen LogP contribution in [0.1, 0.15) is 38.5 Å². The topological polar surface area (TPSA) is 59.3 Å². The molecule has 1 aromatic heterocycles. The second-order valence-electron chi connectivity index (χ2n) is 4.66. The molecular weight excluding hydrogens is 278 g/mol. The minimum absolute atomic E-state index is 0.135. The summed E-state index contributed by atoms with van der Waals surface area (Å²) >= 11 is 5.67. The van der Waals surface area contributed by atoms with Gasteiger partial charge in [-0.3, -0.25) is 9.59 Å². The van der Waals surface area contributed by atoms with Crippen LogP contribution >= 0.6 is 11.6 Å². The quantitative estimate of drug-likeness (QED) is 0.865. The molecule has 0 atom stereocenters. The van der Waals surface area contributed by atoms with Gasteiger partial charge in [0, 0.05) is 17.7 Å². The van der Waals surface area contributed by atoms with Crippen molar-refractivity contribution in [2.45, 2.75) is 12.8 Å². The highest BCUT2D eigenvalue weighted by atomic mass is 35.5. The lowest BCUT2D eigenvalue weighted by molar-refractivity contribution is 0.0956. The molecule has 1 amide bonds. The van der Waals surface area contributed by atoms with Crippen LogP contribution in [-0.2, 0) is 6.42 Å². The van der Waals surface area contributed by atoms with Crippen LogP contribution in [0, 0.1) is 0 Å². The summed E-state index contributed by atoms with van der Waals surface area (Å²) in [6.07, 6.45) is 1.73. The van der Waals surface area contributed by atoms with Crippen molar-refractivity contribution in [1.82, 2.24) is 5.32 Å². The number of halogens is 1. The largest absolute Gasteiger partial charge is 0.441 e. The molecule has 0 radical (unpaired) electrons. The van der Waals surface area contributed by atoms with Gasteiger partial charge in [0.15, 0.2) is 11.0 Å². The zero-order chi connectivity index (χ0) is 14.1. The Labute approximate surface area is 120 Å². The molecule has 0 aliphatic carbocycles. The number of hydrogen-bond donors (Lipinski definition) is 1. The van der Waals surface area contributed by atoms with E-state index in [-0.39, 0.29) is 22.7 Å². The Morgan fingerprint density at radius 2 is 2.10 bits per heavy atom. The molecule has 5 heteroatoms. The van der Waals surface area contributed by atoms with Crippen molar-refractivity contribution in [3.8, 4) is 0 Å². The fourth-order valence-electron chi connectivity index (χ4n) is 2.30. The van der Waals surface area contributed by atoms with Crippen LogP contribution in [0.2, 0.25) is 5.22 Å². The number of amides is 1. The lowest BCUT2D eigenvalue weighted by Crippen LogP contribution is -2.22. The SMILES string of the molecule is O=C(c1ccc2c(c1)C(=O)NCCC2)c1ccc(Cl)o1. The second-order valence-corrected chi connectivity index (χ2v) is 5.04. The van der Waals surface area contributed by atoms with E-state index in [4.69, 9.17) is 16.0 Å². The van der Waals surface area contributed by atoms with E-state index in [9.17, 15) is 9.59 Å². The number of nitrogens with one attached hydrogen (secondary N) is 1. The van der Waals surface area contributed by atoms with E-state index in [1.165, 1.54) is 12.1 Å². The van der Waals surface area contributed by atoms with Crippen molar-refractivity contribution in [3.63, 3.8) is 0 Å². The lowest BCUT2D eigenvalue weighted by atomic mass is 9.98. The average Bonchev–Trinajstić information content (AvgIpc) is 2.80. The summed E-state index contributed by atoms with van der Waals surface area (Å²) in [6.45, 7) is 0.657. The first-order valence-corrected chi connectivity index (χ1v) is 6.74. The summed E-state index contributed by atoms with van der Waals surface area (Å²) in [5.41, 5.74) is 1.95. The van der Waals surface area contributed by atoms with E-state index >= 15 is 0 Å². The third-order valence-electron chi connectivity index (χ3n) is 3.32. The Balaban J connectivity index is 1.99. The van der Waals surface area contributed by atoms with Gasteiger partial charge in [0.1, 0.15) is 0 Å². The summed E-state index contributed by atoms with van der Waals surface area (Å²) in [4.78, 5) is 24.2. The molecule has 20 heavy (non-hydrogen) atoms. The molecule has 3 rings (SSSR count). The lowest BCUT2D eigenvalue weighted by Gasteiger charge is -2.06. The molecule has 2 heterocycles. The Bertz CT molecular complexity index is 690. The summed E-state index contributed by atoms with van der Waals surface area (Å²) in [7, 11) is 0. The zero-order valence-electron chi connectivity index (χ0n) is 10.6. The number of ketones is 1. The first-order valence-electron chi connectivity index (χ1n) is 6.36. The first kappa shape index (κ1) is 12.9. The van der Waals surface area contributed by atoms with E-state index < -0.39 is 0 Å². The van der Waals surface area contributed by atoms with Gasteiger partial charge in [-0.05, 0) is 48.2 Å². The van der Waals surface area contributed by atoms with Gasteiger partial charge in [-0.25, -0.2) is 0 Å². The number of fused-ring (bicyclic) bond motifs is 1. The number of rotatable bonds is 2. The molecule has 4 nitrogen and oxygen atoms in total. The second kappa shape index (κ2) is 5.13. The van der Waals surface area contributed by atoms with Crippen LogP contribution in [0.3, 0.4) is 0 Å². The number of furan rings is 1. The van der Waals surface area contributed by atoms with Crippen molar-refractivity contribution < 1.29 is 14.0 Å². The average molecular weight is 290 g/mol. The molecule has 2 aromatic rings. The highest BCUT2D eigenvalue weighted by molar-refractivity contribution is 6.29. The van der Waals surface area contributed by atoms with Gasteiger partial charge in [0.2, 0.25) is 5.78 Å². The molecule has 1 aliphatic rings.